The highest BCUT2D eigenvalue weighted by Gasteiger charge is 2.42. The van der Waals surface area contributed by atoms with Crippen LogP contribution in [0.2, 0.25) is 0 Å². The molecule has 35 heavy (non-hydrogen) atoms. The second kappa shape index (κ2) is 12.8. The molecule has 8 heteroatoms. The molecule has 196 valence electrons. The molecule has 2 fully saturated rings. The SMILES string of the molecule is CC(C)C[C@@H]1NC(=O)C2(CCCCCOC[C@@H](C)NC1=O)CCN(Cc1ccc(F)cc1F)CC2. The summed E-state index contributed by atoms with van der Waals surface area (Å²) >= 11 is 0. The summed E-state index contributed by atoms with van der Waals surface area (Å²) in [4.78, 5) is 28.8. The fourth-order valence-corrected chi connectivity index (χ4v) is 5.12. The molecule has 2 aliphatic heterocycles. The lowest BCUT2D eigenvalue weighted by Gasteiger charge is -2.41. The molecular weight excluding hydrogens is 452 g/mol. The third kappa shape index (κ3) is 7.97. The van der Waals surface area contributed by atoms with E-state index in [1.165, 1.54) is 12.1 Å². The highest BCUT2D eigenvalue weighted by molar-refractivity contribution is 5.90. The van der Waals surface area contributed by atoms with Gasteiger partial charge in [-0.1, -0.05) is 32.8 Å². The van der Waals surface area contributed by atoms with Crippen LogP contribution in [0.25, 0.3) is 0 Å². The number of rotatable bonds is 4. The topological polar surface area (TPSA) is 70.7 Å². The van der Waals surface area contributed by atoms with Crippen molar-refractivity contribution in [2.24, 2.45) is 11.3 Å². The van der Waals surface area contributed by atoms with Crippen LogP contribution in [0.15, 0.2) is 18.2 Å². The number of piperidine rings is 1. The number of ether oxygens (including phenoxy) is 1. The molecule has 2 atom stereocenters. The lowest BCUT2D eigenvalue weighted by molar-refractivity contribution is -0.139. The van der Waals surface area contributed by atoms with Gasteiger partial charge < -0.3 is 15.4 Å². The minimum Gasteiger partial charge on any atom is -0.379 e. The molecule has 3 rings (SSSR count). The quantitative estimate of drug-likeness (QED) is 0.661. The van der Waals surface area contributed by atoms with Crippen molar-refractivity contribution >= 4 is 11.8 Å². The van der Waals surface area contributed by atoms with Gasteiger partial charge in [0, 0.05) is 30.8 Å². The van der Waals surface area contributed by atoms with E-state index in [1.54, 1.807) is 0 Å². The number of benzene rings is 1. The van der Waals surface area contributed by atoms with Crippen molar-refractivity contribution in [3.05, 3.63) is 35.4 Å². The van der Waals surface area contributed by atoms with Crippen molar-refractivity contribution in [3.8, 4) is 0 Å². The number of amides is 2. The summed E-state index contributed by atoms with van der Waals surface area (Å²) in [6.45, 7) is 8.78. The maximum atomic E-state index is 14.2. The minimum atomic E-state index is -0.587. The van der Waals surface area contributed by atoms with Gasteiger partial charge in [-0.05, 0) is 64.1 Å². The number of nitrogens with zero attached hydrogens (tertiary/aromatic N) is 1. The number of likely N-dealkylation sites (tertiary alicyclic amines) is 1. The second-order valence-corrected chi connectivity index (χ2v) is 10.7. The van der Waals surface area contributed by atoms with E-state index in [2.05, 4.69) is 15.5 Å². The Balaban J connectivity index is 1.72. The van der Waals surface area contributed by atoms with Gasteiger partial charge in [0.1, 0.15) is 17.7 Å². The molecule has 0 bridgehead atoms. The van der Waals surface area contributed by atoms with Gasteiger partial charge >= 0.3 is 0 Å². The Morgan fingerprint density at radius 1 is 1.09 bits per heavy atom. The Kier molecular flexibility index (Phi) is 10.0. The van der Waals surface area contributed by atoms with E-state index in [-0.39, 0.29) is 23.8 Å². The van der Waals surface area contributed by atoms with Gasteiger partial charge in [0.05, 0.1) is 12.0 Å². The summed E-state index contributed by atoms with van der Waals surface area (Å²) in [6, 6.07) is 2.97. The number of nitrogens with one attached hydrogen (secondary N) is 2. The van der Waals surface area contributed by atoms with Gasteiger partial charge in [-0.2, -0.15) is 0 Å². The molecular formula is C27H41F2N3O3. The van der Waals surface area contributed by atoms with Gasteiger partial charge in [0.15, 0.2) is 0 Å². The Bertz CT molecular complexity index is 856. The first-order valence-electron chi connectivity index (χ1n) is 13.0. The zero-order valence-corrected chi connectivity index (χ0v) is 21.4. The number of carbonyl (C=O) groups excluding carboxylic acids is 2. The van der Waals surface area contributed by atoms with E-state index in [4.69, 9.17) is 4.74 Å². The standard InChI is InChI=1S/C27H41F2N3O3/c1-19(2)15-24-25(33)30-20(3)18-35-14-6-4-5-9-27(26(34)31-24)10-12-32(13-11-27)17-21-7-8-22(28)16-23(21)29/h7-8,16,19-20,24H,4-6,9-15,17-18H2,1-3H3,(H,30,33)(H,31,34)/t20-,24+/m1/s1. The zero-order valence-electron chi connectivity index (χ0n) is 21.4. The smallest absolute Gasteiger partial charge is 0.242 e. The molecule has 1 aromatic rings. The predicted molar refractivity (Wildman–Crippen MR) is 132 cm³/mol. The van der Waals surface area contributed by atoms with Crippen LogP contribution in [-0.4, -0.2) is 55.1 Å². The summed E-state index contributed by atoms with van der Waals surface area (Å²) < 4.78 is 33.2. The molecule has 2 aliphatic rings. The van der Waals surface area contributed by atoms with Crippen LogP contribution in [0.5, 0.6) is 0 Å². The number of hydrogen-bond acceptors (Lipinski definition) is 4. The summed E-state index contributed by atoms with van der Waals surface area (Å²) in [5, 5.41) is 6.10. The van der Waals surface area contributed by atoms with Crippen LogP contribution >= 0.6 is 0 Å². The van der Waals surface area contributed by atoms with E-state index in [0.29, 0.717) is 57.7 Å². The molecule has 0 radical (unpaired) electrons. The van der Waals surface area contributed by atoms with Gasteiger partial charge in [-0.15, -0.1) is 0 Å². The van der Waals surface area contributed by atoms with Crippen molar-refractivity contribution in [3.63, 3.8) is 0 Å². The molecule has 1 aromatic carbocycles. The normalized spacial score (nSPS) is 25.2. The lowest BCUT2D eigenvalue weighted by atomic mass is 9.73. The van der Waals surface area contributed by atoms with Crippen LogP contribution in [0.1, 0.15) is 71.3 Å². The second-order valence-electron chi connectivity index (χ2n) is 10.7. The van der Waals surface area contributed by atoms with Gasteiger partial charge in [-0.3, -0.25) is 14.5 Å². The fraction of sp³-hybridized carbons (Fsp3) is 0.704. The largest absolute Gasteiger partial charge is 0.379 e. The molecule has 2 N–H and O–H groups in total. The first-order valence-corrected chi connectivity index (χ1v) is 13.0. The molecule has 2 amide bonds. The van der Waals surface area contributed by atoms with Gasteiger partial charge in [0.25, 0.3) is 0 Å². The first kappa shape index (κ1) is 27.5. The van der Waals surface area contributed by atoms with Crippen LogP contribution in [0.4, 0.5) is 8.78 Å². The summed E-state index contributed by atoms with van der Waals surface area (Å²) in [5.74, 6) is -1.09. The Hall–Kier alpha value is -2.06. The summed E-state index contributed by atoms with van der Waals surface area (Å²) in [6.07, 6.45) is 5.43. The highest BCUT2D eigenvalue weighted by atomic mass is 19.1. The number of carbonyl (C=O) groups is 2. The average molecular weight is 494 g/mol. The van der Waals surface area contributed by atoms with Crippen molar-refractivity contribution in [1.82, 2.24) is 15.5 Å². The summed E-state index contributed by atoms with van der Waals surface area (Å²) in [7, 11) is 0. The number of halogens is 2. The molecule has 0 aromatic heterocycles. The lowest BCUT2D eigenvalue weighted by Crippen LogP contribution is -2.56. The van der Waals surface area contributed by atoms with Crippen LogP contribution in [0, 0.1) is 23.0 Å². The molecule has 1 spiro atoms. The van der Waals surface area contributed by atoms with E-state index in [9.17, 15) is 18.4 Å². The maximum absolute atomic E-state index is 14.2. The maximum Gasteiger partial charge on any atom is 0.242 e. The van der Waals surface area contributed by atoms with Crippen LogP contribution < -0.4 is 10.6 Å². The third-order valence-electron chi connectivity index (χ3n) is 7.23. The van der Waals surface area contributed by atoms with Gasteiger partial charge in [-0.25, -0.2) is 8.78 Å². The predicted octanol–water partition coefficient (Wildman–Crippen LogP) is 4.17. The average Bonchev–Trinajstić information content (AvgIpc) is 2.80. The van der Waals surface area contributed by atoms with Crippen molar-refractivity contribution in [2.45, 2.75) is 84.3 Å². The molecule has 2 heterocycles. The number of hydrogen-bond donors (Lipinski definition) is 2. The molecule has 0 unspecified atom stereocenters. The first-order chi connectivity index (χ1) is 16.7. The van der Waals surface area contributed by atoms with Crippen molar-refractivity contribution < 1.29 is 23.1 Å². The fourth-order valence-electron chi connectivity index (χ4n) is 5.12. The Labute approximate surface area is 208 Å². The van der Waals surface area contributed by atoms with Gasteiger partial charge in [0.2, 0.25) is 11.8 Å². The minimum absolute atomic E-state index is 0.0492. The monoisotopic (exact) mass is 493 g/mol. The molecule has 0 saturated carbocycles. The molecule has 2 saturated heterocycles. The van der Waals surface area contributed by atoms with Crippen LogP contribution in [-0.2, 0) is 20.9 Å². The van der Waals surface area contributed by atoms with E-state index < -0.39 is 23.1 Å². The third-order valence-corrected chi connectivity index (χ3v) is 7.23. The highest BCUT2D eigenvalue weighted by Crippen LogP contribution is 2.38. The molecule has 6 nitrogen and oxygen atoms in total. The Morgan fingerprint density at radius 3 is 2.51 bits per heavy atom. The van der Waals surface area contributed by atoms with Crippen molar-refractivity contribution in [1.29, 1.82) is 0 Å². The Morgan fingerprint density at radius 2 is 1.83 bits per heavy atom. The zero-order chi connectivity index (χ0) is 25.4. The van der Waals surface area contributed by atoms with E-state index in [0.717, 1.165) is 31.7 Å². The molecule has 0 aliphatic carbocycles. The van der Waals surface area contributed by atoms with E-state index >= 15 is 0 Å². The van der Waals surface area contributed by atoms with Crippen molar-refractivity contribution in [2.75, 3.05) is 26.3 Å². The van der Waals surface area contributed by atoms with Crippen LogP contribution in [0.3, 0.4) is 0 Å². The summed E-state index contributed by atoms with van der Waals surface area (Å²) in [5.41, 5.74) is -0.0928. The van der Waals surface area contributed by atoms with E-state index in [1.807, 2.05) is 20.8 Å².